The maximum absolute atomic E-state index is 9.27. The molecule has 2 rings (SSSR count). The molecule has 108 valence electrons. The Morgan fingerprint density at radius 3 is 2.70 bits per heavy atom. The number of benzene rings is 1. The lowest BCUT2D eigenvalue weighted by Crippen LogP contribution is -2.05. The third-order valence-electron chi connectivity index (χ3n) is 3.28. The van der Waals surface area contributed by atoms with Crippen molar-refractivity contribution in [1.29, 1.82) is 0 Å². The predicted molar refractivity (Wildman–Crippen MR) is 78.7 cm³/mol. The van der Waals surface area contributed by atoms with Crippen LogP contribution in [0.1, 0.15) is 31.7 Å². The standard InChI is InChI=1S/C16H22N2O2/c1-3-18-11-10-17-16(18)12-20-15-8-6-14(7-9-15)5-4-13(2)19/h6-11,13,19H,3-5,12H2,1-2H3. The van der Waals surface area contributed by atoms with Gasteiger partial charge in [0.2, 0.25) is 0 Å². The predicted octanol–water partition coefficient (Wildman–Crippen LogP) is 2.80. The average molecular weight is 274 g/mol. The van der Waals surface area contributed by atoms with Gasteiger partial charge in [0.1, 0.15) is 18.2 Å². The average Bonchev–Trinajstić information content (AvgIpc) is 2.91. The van der Waals surface area contributed by atoms with Gasteiger partial charge in [-0.1, -0.05) is 12.1 Å². The van der Waals surface area contributed by atoms with E-state index < -0.39 is 0 Å². The van der Waals surface area contributed by atoms with Gasteiger partial charge in [0.15, 0.2) is 0 Å². The van der Waals surface area contributed by atoms with Crippen molar-refractivity contribution >= 4 is 0 Å². The third-order valence-corrected chi connectivity index (χ3v) is 3.28. The first kappa shape index (κ1) is 14.6. The van der Waals surface area contributed by atoms with Crippen LogP contribution in [0.25, 0.3) is 0 Å². The monoisotopic (exact) mass is 274 g/mol. The Balaban J connectivity index is 1.87. The van der Waals surface area contributed by atoms with E-state index >= 15 is 0 Å². The van der Waals surface area contributed by atoms with E-state index in [9.17, 15) is 5.11 Å². The van der Waals surface area contributed by atoms with Crippen LogP contribution in [-0.2, 0) is 19.6 Å². The van der Waals surface area contributed by atoms with Crippen molar-refractivity contribution in [3.63, 3.8) is 0 Å². The largest absolute Gasteiger partial charge is 0.486 e. The molecule has 1 unspecified atom stereocenters. The van der Waals surface area contributed by atoms with Gasteiger partial charge in [-0.05, 0) is 44.4 Å². The Morgan fingerprint density at radius 1 is 1.30 bits per heavy atom. The highest BCUT2D eigenvalue weighted by atomic mass is 16.5. The topological polar surface area (TPSA) is 47.3 Å². The summed E-state index contributed by atoms with van der Waals surface area (Å²) in [6, 6.07) is 8.03. The summed E-state index contributed by atoms with van der Waals surface area (Å²) in [6.45, 7) is 5.28. The molecular formula is C16H22N2O2. The maximum atomic E-state index is 9.27. The number of aliphatic hydroxyl groups is 1. The molecule has 0 saturated heterocycles. The van der Waals surface area contributed by atoms with Gasteiger partial charge in [0, 0.05) is 18.9 Å². The molecule has 0 fully saturated rings. The van der Waals surface area contributed by atoms with E-state index in [4.69, 9.17) is 4.74 Å². The van der Waals surface area contributed by atoms with Crippen molar-refractivity contribution in [2.24, 2.45) is 0 Å². The smallest absolute Gasteiger partial charge is 0.146 e. The lowest BCUT2D eigenvalue weighted by molar-refractivity contribution is 0.185. The van der Waals surface area contributed by atoms with Crippen LogP contribution in [0.4, 0.5) is 0 Å². The molecule has 2 aromatic rings. The first-order valence-corrected chi connectivity index (χ1v) is 7.09. The molecule has 1 aromatic carbocycles. The number of imidazole rings is 1. The zero-order valence-electron chi connectivity index (χ0n) is 12.1. The highest BCUT2D eigenvalue weighted by molar-refractivity contribution is 5.27. The molecule has 0 spiro atoms. The van der Waals surface area contributed by atoms with Crippen molar-refractivity contribution in [1.82, 2.24) is 9.55 Å². The Labute approximate surface area is 120 Å². The fourth-order valence-electron chi connectivity index (χ4n) is 2.04. The summed E-state index contributed by atoms with van der Waals surface area (Å²) in [5, 5.41) is 9.27. The lowest BCUT2D eigenvalue weighted by atomic mass is 10.1. The number of ether oxygens (including phenoxy) is 1. The van der Waals surface area contributed by atoms with Crippen LogP contribution in [-0.4, -0.2) is 20.8 Å². The third kappa shape index (κ3) is 4.10. The summed E-state index contributed by atoms with van der Waals surface area (Å²) in [6.07, 6.45) is 5.17. The van der Waals surface area contributed by atoms with Gasteiger partial charge in [-0.3, -0.25) is 0 Å². The van der Waals surface area contributed by atoms with E-state index in [1.54, 1.807) is 6.20 Å². The van der Waals surface area contributed by atoms with Crippen LogP contribution in [0, 0.1) is 0 Å². The zero-order chi connectivity index (χ0) is 14.4. The van der Waals surface area contributed by atoms with Crippen LogP contribution in [0.3, 0.4) is 0 Å². The molecule has 0 saturated carbocycles. The molecule has 4 nitrogen and oxygen atoms in total. The first-order chi connectivity index (χ1) is 9.69. The van der Waals surface area contributed by atoms with E-state index in [2.05, 4.69) is 16.5 Å². The van der Waals surface area contributed by atoms with E-state index in [0.29, 0.717) is 6.61 Å². The number of nitrogens with zero attached hydrogens (tertiary/aromatic N) is 2. The Bertz CT molecular complexity index is 518. The summed E-state index contributed by atoms with van der Waals surface area (Å²) in [4.78, 5) is 4.28. The lowest BCUT2D eigenvalue weighted by Gasteiger charge is -2.09. The number of aliphatic hydroxyl groups excluding tert-OH is 1. The van der Waals surface area contributed by atoms with Gasteiger partial charge >= 0.3 is 0 Å². The van der Waals surface area contributed by atoms with Gasteiger partial charge in [-0.25, -0.2) is 4.98 Å². The molecule has 4 heteroatoms. The number of hydrogen-bond donors (Lipinski definition) is 1. The minimum Gasteiger partial charge on any atom is -0.486 e. The first-order valence-electron chi connectivity index (χ1n) is 7.09. The van der Waals surface area contributed by atoms with Crippen molar-refractivity contribution in [2.75, 3.05) is 0 Å². The molecule has 1 atom stereocenters. The van der Waals surface area contributed by atoms with Gasteiger partial charge in [0.25, 0.3) is 0 Å². The summed E-state index contributed by atoms with van der Waals surface area (Å²) < 4.78 is 7.81. The van der Waals surface area contributed by atoms with Crippen molar-refractivity contribution in [2.45, 2.75) is 45.9 Å². The molecule has 0 radical (unpaired) electrons. The molecule has 0 aliphatic heterocycles. The highest BCUT2D eigenvalue weighted by Crippen LogP contribution is 2.15. The summed E-state index contributed by atoms with van der Waals surface area (Å²) in [5.41, 5.74) is 1.22. The van der Waals surface area contributed by atoms with E-state index in [-0.39, 0.29) is 6.10 Å². The second-order valence-corrected chi connectivity index (χ2v) is 4.95. The minimum absolute atomic E-state index is 0.251. The quantitative estimate of drug-likeness (QED) is 0.844. The number of rotatable bonds is 7. The summed E-state index contributed by atoms with van der Waals surface area (Å²) in [5.74, 6) is 1.78. The zero-order valence-corrected chi connectivity index (χ0v) is 12.1. The van der Waals surface area contributed by atoms with Crippen LogP contribution in [0.15, 0.2) is 36.7 Å². The van der Waals surface area contributed by atoms with Gasteiger partial charge < -0.3 is 14.4 Å². The fourth-order valence-corrected chi connectivity index (χ4v) is 2.04. The molecule has 0 aliphatic rings. The molecule has 0 aliphatic carbocycles. The van der Waals surface area contributed by atoms with Crippen LogP contribution in [0.5, 0.6) is 5.75 Å². The highest BCUT2D eigenvalue weighted by Gasteiger charge is 2.03. The molecule has 1 heterocycles. The van der Waals surface area contributed by atoms with Gasteiger partial charge in [-0.2, -0.15) is 0 Å². The van der Waals surface area contributed by atoms with Crippen LogP contribution < -0.4 is 4.74 Å². The van der Waals surface area contributed by atoms with Crippen LogP contribution >= 0.6 is 0 Å². The molecule has 0 bridgehead atoms. The number of aromatic nitrogens is 2. The second-order valence-electron chi connectivity index (χ2n) is 4.95. The van der Waals surface area contributed by atoms with Gasteiger partial charge in [0.05, 0.1) is 6.10 Å². The summed E-state index contributed by atoms with van der Waals surface area (Å²) >= 11 is 0. The molecule has 1 N–H and O–H groups in total. The van der Waals surface area contributed by atoms with Crippen molar-refractivity contribution in [3.8, 4) is 5.75 Å². The Morgan fingerprint density at radius 2 is 2.05 bits per heavy atom. The van der Waals surface area contributed by atoms with Crippen LogP contribution in [0.2, 0.25) is 0 Å². The van der Waals surface area contributed by atoms with Gasteiger partial charge in [-0.15, -0.1) is 0 Å². The normalized spacial score (nSPS) is 12.3. The molecule has 20 heavy (non-hydrogen) atoms. The Kier molecular flexibility index (Phi) is 5.18. The summed E-state index contributed by atoms with van der Waals surface area (Å²) in [7, 11) is 0. The minimum atomic E-state index is -0.251. The number of aryl methyl sites for hydroxylation is 2. The second kappa shape index (κ2) is 7.10. The fraction of sp³-hybridized carbons (Fsp3) is 0.438. The molecule has 0 amide bonds. The molecule has 1 aromatic heterocycles. The van der Waals surface area contributed by atoms with E-state index in [0.717, 1.165) is 31.0 Å². The van der Waals surface area contributed by atoms with E-state index in [1.165, 1.54) is 5.56 Å². The Hall–Kier alpha value is -1.81. The maximum Gasteiger partial charge on any atom is 0.146 e. The SMILES string of the molecule is CCn1ccnc1COc1ccc(CCC(C)O)cc1. The molecular weight excluding hydrogens is 252 g/mol. The van der Waals surface area contributed by atoms with Crippen molar-refractivity contribution in [3.05, 3.63) is 48.0 Å². The van der Waals surface area contributed by atoms with E-state index in [1.807, 2.05) is 37.4 Å². The van der Waals surface area contributed by atoms with Crippen molar-refractivity contribution < 1.29 is 9.84 Å². The number of hydrogen-bond acceptors (Lipinski definition) is 3.